The number of hydrogen-bond acceptors (Lipinski definition) is 7. The number of methoxy groups -OCH3 is 1. The van der Waals surface area contributed by atoms with Gasteiger partial charge in [0, 0.05) is 18.1 Å². The van der Waals surface area contributed by atoms with Crippen molar-refractivity contribution in [1.82, 2.24) is 4.57 Å². The Morgan fingerprint density at radius 2 is 1.94 bits per heavy atom. The lowest BCUT2D eigenvalue weighted by Crippen LogP contribution is -2.42. The molecule has 0 bridgehead atoms. The molecule has 1 aromatic heterocycles. The van der Waals surface area contributed by atoms with Gasteiger partial charge in [-0.2, -0.15) is 0 Å². The Hall–Kier alpha value is -3.52. The van der Waals surface area contributed by atoms with E-state index in [1.807, 2.05) is 45.0 Å². The number of carbonyl (C=O) groups excluding carboxylic acids is 2. The SMILES string of the molecule is COC(=O)c1ccc2c(c1)N(Cc1cn(C(=O)OC(C)(C)C)c3ccccc13)C(O)CO2. The highest BCUT2D eigenvalue weighted by Gasteiger charge is 2.29. The van der Waals surface area contributed by atoms with Gasteiger partial charge in [-0.05, 0) is 50.6 Å². The summed E-state index contributed by atoms with van der Waals surface area (Å²) >= 11 is 0. The van der Waals surface area contributed by atoms with Crippen LogP contribution >= 0.6 is 0 Å². The van der Waals surface area contributed by atoms with Crippen LogP contribution in [-0.2, 0) is 16.0 Å². The Kier molecular flexibility index (Phi) is 5.56. The first-order chi connectivity index (χ1) is 15.2. The van der Waals surface area contributed by atoms with Gasteiger partial charge in [0.1, 0.15) is 18.0 Å². The Bertz CT molecular complexity index is 1180. The van der Waals surface area contributed by atoms with Crippen LogP contribution in [0.5, 0.6) is 5.75 Å². The van der Waals surface area contributed by atoms with Crippen molar-refractivity contribution in [1.29, 1.82) is 0 Å². The number of aromatic nitrogens is 1. The summed E-state index contributed by atoms with van der Waals surface area (Å²) in [5.41, 5.74) is 1.82. The van der Waals surface area contributed by atoms with Crippen molar-refractivity contribution in [3.8, 4) is 5.75 Å². The number of aliphatic hydroxyl groups is 1. The Morgan fingerprint density at radius 1 is 1.19 bits per heavy atom. The molecule has 8 nitrogen and oxygen atoms in total. The molecule has 3 aromatic rings. The van der Waals surface area contributed by atoms with E-state index in [0.717, 1.165) is 10.9 Å². The molecule has 4 rings (SSSR count). The van der Waals surface area contributed by atoms with Crippen LogP contribution in [0.4, 0.5) is 10.5 Å². The molecule has 0 amide bonds. The Labute approximate surface area is 185 Å². The number of fused-ring (bicyclic) bond motifs is 2. The Balaban J connectivity index is 1.74. The van der Waals surface area contributed by atoms with E-state index in [1.165, 1.54) is 11.7 Å². The maximum absolute atomic E-state index is 12.8. The van der Waals surface area contributed by atoms with Crippen molar-refractivity contribution in [3.05, 3.63) is 59.8 Å². The van der Waals surface area contributed by atoms with E-state index < -0.39 is 23.9 Å². The molecule has 2 heterocycles. The predicted molar refractivity (Wildman–Crippen MR) is 119 cm³/mol. The largest absolute Gasteiger partial charge is 0.487 e. The van der Waals surface area contributed by atoms with E-state index in [9.17, 15) is 14.7 Å². The van der Waals surface area contributed by atoms with E-state index >= 15 is 0 Å². The molecule has 1 aliphatic rings. The third-order valence-corrected chi connectivity index (χ3v) is 5.16. The molecule has 0 fully saturated rings. The van der Waals surface area contributed by atoms with Gasteiger partial charge in [-0.25, -0.2) is 9.59 Å². The molecular formula is C24H26N2O6. The number of esters is 1. The summed E-state index contributed by atoms with van der Waals surface area (Å²) in [5.74, 6) is 0.0770. The molecule has 2 aromatic carbocycles. The number of para-hydroxylation sites is 1. The molecule has 0 spiro atoms. The molecule has 0 aliphatic carbocycles. The second kappa shape index (κ2) is 8.20. The van der Waals surface area contributed by atoms with E-state index in [-0.39, 0.29) is 6.61 Å². The molecule has 1 N–H and O–H groups in total. The van der Waals surface area contributed by atoms with Crippen molar-refractivity contribution in [2.24, 2.45) is 0 Å². The van der Waals surface area contributed by atoms with E-state index in [0.29, 0.717) is 29.1 Å². The molecule has 1 atom stereocenters. The fraction of sp³-hybridized carbons (Fsp3) is 0.333. The van der Waals surface area contributed by atoms with Gasteiger partial charge in [0.05, 0.1) is 23.9 Å². The molecule has 0 radical (unpaired) electrons. The van der Waals surface area contributed by atoms with Gasteiger partial charge in [-0.3, -0.25) is 4.57 Å². The minimum Gasteiger partial charge on any atom is -0.487 e. The highest BCUT2D eigenvalue weighted by molar-refractivity contribution is 5.93. The van der Waals surface area contributed by atoms with Crippen molar-refractivity contribution < 1.29 is 28.9 Å². The quantitative estimate of drug-likeness (QED) is 0.620. The minimum atomic E-state index is -0.931. The second-order valence-corrected chi connectivity index (χ2v) is 8.62. The number of rotatable bonds is 3. The van der Waals surface area contributed by atoms with Gasteiger partial charge >= 0.3 is 12.1 Å². The lowest BCUT2D eigenvalue weighted by atomic mass is 10.1. The summed E-state index contributed by atoms with van der Waals surface area (Å²) in [6, 6.07) is 12.5. The van der Waals surface area contributed by atoms with Crippen LogP contribution in [0.25, 0.3) is 10.9 Å². The molecule has 1 aliphatic heterocycles. The molecule has 0 saturated heterocycles. The zero-order valence-electron chi connectivity index (χ0n) is 18.5. The van der Waals surface area contributed by atoms with Gasteiger partial charge in [0.2, 0.25) is 0 Å². The number of nitrogens with zero attached hydrogens (tertiary/aromatic N) is 2. The summed E-state index contributed by atoms with van der Waals surface area (Å²) in [5, 5.41) is 11.6. The highest BCUT2D eigenvalue weighted by Crippen LogP contribution is 2.36. The lowest BCUT2D eigenvalue weighted by Gasteiger charge is -2.35. The summed E-state index contributed by atoms with van der Waals surface area (Å²) < 4.78 is 17.5. The first-order valence-electron chi connectivity index (χ1n) is 10.3. The molecule has 1 unspecified atom stereocenters. The molecule has 8 heteroatoms. The number of hydrogen-bond donors (Lipinski definition) is 1. The first kappa shape index (κ1) is 21.7. The van der Waals surface area contributed by atoms with Gasteiger partial charge < -0.3 is 24.2 Å². The maximum atomic E-state index is 12.8. The Morgan fingerprint density at radius 3 is 2.66 bits per heavy atom. The van der Waals surface area contributed by atoms with Gasteiger partial charge in [-0.15, -0.1) is 0 Å². The number of carbonyl (C=O) groups is 2. The standard InChI is InChI=1S/C24H26N2O6/c1-24(2,3)32-23(29)26-13-16(17-7-5-6-8-18(17)26)12-25-19-11-15(22(28)30-4)9-10-20(19)31-14-21(25)27/h5-11,13,21,27H,12,14H2,1-4H3. The second-order valence-electron chi connectivity index (χ2n) is 8.62. The summed E-state index contributed by atoms with van der Waals surface area (Å²) in [6.45, 7) is 5.82. The molecule has 32 heavy (non-hydrogen) atoms. The van der Waals surface area contributed by atoms with E-state index in [2.05, 4.69) is 0 Å². The number of ether oxygens (including phenoxy) is 3. The van der Waals surface area contributed by atoms with Crippen LogP contribution < -0.4 is 9.64 Å². The summed E-state index contributed by atoms with van der Waals surface area (Å²) in [6.07, 6.45) is 0.319. The normalized spacial score (nSPS) is 15.8. The monoisotopic (exact) mass is 438 g/mol. The van der Waals surface area contributed by atoms with Gasteiger partial charge in [0.25, 0.3) is 0 Å². The smallest absolute Gasteiger partial charge is 0.419 e. The van der Waals surface area contributed by atoms with Crippen molar-refractivity contribution in [2.45, 2.75) is 39.1 Å². The van der Waals surface area contributed by atoms with Crippen molar-refractivity contribution in [3.63, 3.8) is 0 Å². The zero-order chi connectivity index (χ0) is 23.0. The van der Waals surface area contributed by atoms with Gasteiger partial charge in [-0.1, -0.05) is 18.2 Å². The molecule has 168 valence electrons. The van der Waals surface area contributed by atoms with Crippen molar-refractivity contribution in [2.75, 3.05) is 18.6 Å². The van der Waals surface area contributed by atoms with E-state index in [1.54, 1.807) is 29.3 Å². The average Bonchev–Trinajstić information content (AvgIpc) is 3.12. The maximum Gasteiger partial charge on any atom is 0.419 e. The zero-order valence-corrected chi connectivity index (χ0v) is 18.5. The highest BCUT2D eigenvalue weighted by atomic mass is 16.6. The van der Waals surface area contributed by atoms with Crippen LogP contribution in [0.3, 0.4) is 0 Å². The number of aliphatic hydroxyl groups excluding tert-OH is 1. The van der Waals surface area contributed by atoms with Crippen LogP contribution in [-0.4, -0.2) is 47.3 Å². The fourth-order valence-corrected chi connectivity index (χ4v) is 3.74. The lowest BCUT2D eigenvalue weighted by molar-refractivity contribution is 0.0542. The topological polar surface area (TPSA) is 90.2 Å². The summed E-state index contributed by atoms with van der Waals surface area (Å²) in [7, 11) is 1.32. The number of anilines is 1. The van der Waals surface area contributed by atoms with Crippen molar-refractivity contribution >= 4 is 28.7 Å². The number of benzene rings is 2. The average molecular weight is 438 g/mol. The predicted octanol–water partition coefficient (Wildman–Crippen LogP) is 3.93. The molecule has 0 saturated carbocycles. The van der Waals surface area contributed by atoms with Crippen LogP contribution in [0.1, 0.15) is 36.7 Å². The third-order valence-electron chi connectivity index (χ3n) is 5.16. The fourth-order valence-electron chi connectivity index (χ4n) is 3.74. The first-order valence-corrected chi connectivity index (χ1v) is 10.3. The van der Waals surface area contributed by atoms with Crippen LogP contribution in [0.2, 0.25) is 0 Å². The molecular weight excluding hydrogens is 412 g/mol. The van der Waals surface area contributed by atoms with Crippen LogP contribution in [0.15, 0.2) is 48.7 Å². The van der Waals surface area contributed by atoms with Crippen LogP contribution in [0, 0.1) is 0 Å². The minimum absolute atomic E-state index is 0.0786. The van der Waals surface area contributed by atoms with E-state index in [4.69, 9.17) is 14.2 Å². The third kappa shape index (κ3) is 4.13. The summed E-state index contributed by atoms with van der Waals surface area (Å²) in [4.78, 5) is 26.6. The van der Waals surface area contributed by atoms with Gasteiger partial charge in [0.15, 0.2) is 6.23 Å².